The molecule has 0 aromatic heterocycles. The van der Waals surface area contributed by atoms with E-state index in [4.69, 9.17) is 8.92 Å². The lowest BCUT2D eigenvalue weighted by molar-refractivity contribution is -0.198. The Hall–Kier alpha value is -2.10. The first-order valence-corrected chi connectivity index (χ1v) is 15.9. The number of hydrogen-bond donors (Lipinski definition) is 1. The van der Waals surface area contributed by atoms with Crippen molar-refractivity contribution in [3.05, 3.63) is 29.8 Å². The van der Waals surface area contributed by atoms with Gasteiger partial charge in [0.05, 0.1) is 11.0 Å². The molecule has 4 aliphatic carbocycles. The van der Waals surface area contributed by atoms with Gasteiger partial charge in [0.2, 0.25) is 5.78 Å². The van der Waals surface area contributed by atoms with Gasteiger partial charge in [0.1, 0.15) is 11.4 Å². The molecule has 4 saturated carbocycles. The van der Waals surface area contributed by atoms with Gasteiger partial charge in [-0.3, -0.25) is 18.6 Å². The number of ether oxygens (including phenoxy) is 1. The summed E-state index contributed by atoms with van der Waals surface area (Å²) in [6.45, 7) is 8.51. The standard InChI is InChI=1S/C31H42O8S/c1-18-6-9-23(10-7-18)40(36,37)39-26-16-30(5)25(14-19(2)31(30,35)27(34)17-38-20(3)32)24-11-8-21-15-22(33)12-13-29(21,4)28(24)26/h6-7,9-10,19,21,24-26,28,35H,8,11-17H2,1-5H3/t19-,21+,24+,25+,26-,28?,29+,30+,31+/m1/s1. The number of ketones is 2. The highest BCUT2D eigenvalue weighted by atomic mass is 32.2. The lowest BCUT2D eigenvalue weighted by Gasteiger charge is -2.62. The first-order chi connectivity index (χ1) is 18.6. The van der Waals surface area contributed by atoms with Crippen LogP contribution in [0, 0.1) is 47.3 Å². The van der Waals surface area contributed by atoms with E-state index < -0.39 is 51.5 Å². The van der Waals surface area contributed by atoms with Crippen molar-refractivity contribution in [2.75, 3.05) is 6.61 Å². The zero-order valence-electron chi connectivity index (χ0n) is 24.1. The Kier molecular flexibility index (Phi) is 7.36. The monoisotopic (exact) mass is 574 g/mol. The fraction of sp³-hybridized carbons (Fsp3) is 0.710. The molecule has 0 radical (unpaired) electrons. The summed E-state index contributed by atoms with van der Waals surface area (Å²) < 4.78 is 38.5. The van der Waals surface area contributed by atoms with Crippen molar-refractivity contribution in [3.8, 4) is 0 Å². The predicted octanol–water partition coefficient (Wildman–Crippen LogP) is 4.40. The summed E-state index contributed by atoms with van der Waals surface area (Å²) in [4.78, 5) is 37.6. The van der Waals surface area contributed by atoms with Crippen LogP contribution in [0.3, 0.4) is 0 Å². The molecular formula is C31H42O8S. The number of aliphatic hydroxyl groups is 1. The Morgan fingerprint density at radius 2 is 1.80 bits per heavy atom. The minimum absolute atomic E-state index is 0.0180. The topological polar surface area (TPSA) is 124 Å². The highest BCUT2D eigenvalue weighted by Gasteiger charge is 2.71. The van der Waals surface area contributed by atoms with Crippen LogP contribution in [0.2, 0.25) is 0 Å². The number of esters is 1. The van der Waals surface area contributed by atoms with Crippen molar-refractivity contribution in [1.29, 1.82) is 0 Å². The lowest BCUT2D eigenvalue weighted by Crippen LogP contribution is -2.64. The minimum Gasteiger partial charge on any atom is -0.458 e. The van der Waals surface area contributed by atoms with Crippen molar-refractivity contribution in [2.24, 2.45) is 40.4 Å². The average Bonchev–Trinajstić information content (AvgIpc) is 3.08. The smallest absolute Gasteiger partial charge is 0.303 e. The van der Waals surface area contributed by atoms with Crippen molar-refractivity contribution in [1.82, 2.24) is 0 Å². The van der Waals surface area contributed by atoms with Crippen LogP contribution in [0.1, 0.15) is 78.2 Å². The molecule has 1 unspecified atom stereocenters. The number of carbonyl (C=O) groups is 3. The molecule has 9 atom stereocenters. The van der Waals surface area contributed by atoms with E-state index in [0.29, 0.717) is 25.7 Å². The number of benzene rings is 1. The van der Waals surface area contributed by atoms with Crippen LogP contribution in [0.15, 0.2) is 29.2 Å². The molecule has 0 saturated heterocycles. The molecule has 0 spiro atoms. The van der Waals surface area contributed by atoms with Gasteiger partial charge >= 0.3 is 5.97 Å². The third-order valence-corrected chi connectivity index (χ3v) is 12.7. The van der Waals surface area contributed by atoms with E-state index in [1.165, 1.54) is 19.1 Å². The lowest BCUT2D eigenvalue weighted by atomic mass is 9.43. The molecule has 1 aromatic carbocycles. The van der Waals surface area contributed by atoms with Gasteiger partial charge in [-0.15, -0.1) is 0 Å². The molecule has 0 aliphatic heterocycles. The number of carbonyl (C=O) groups excluding carboxylic acids is 3. The zero-order valence-corrected chi connectivity index (χ0v) is 25.0. The summed E-state index contributed by atoms with van der Waals surface area (Å²) >= 11 is 0. The maximum absolute atomic E-state index is 13.7. The second-order valence-corrected chi connectivity index (χ2v) is 15.0. The second kappa shape index (κ2) is 10.0. The van der Waals surface area contributed by atoms with Crippen molar-refractivity contribution in [3.63, 3.8) is 0 Å². The third-order valence-electron chi connectivity index (χ3n) is 11.4. The van der Waals surface area contributed by atoms with Gasteiger partial charge in [0.15, 0.2) is 6.61 Å². The van der Waals surface area contributed by atoms with Crippen LogP contribution in [0.4, 0.5) is 0 Å². The van der Waals surface area contributed by atoms with Crippen LogP contribution in [0.5, 0.6) is 0 Å². The fourth-order valence-electron chi connectivity index (χ4n) is 9.35. The molecule has 1 aromatic rings. The molecule has 0 amide bonds. The van der Waals surface area contributed by atoms with E-state index in [9.17, 15) is 27.9 Å². The van der Waals surface area contributed by atoms with Gasteiger partial charge < -0.3 is 9.84 Å². The van der Waals surface area contributed by atoms with Crippen molar-refractivity contribution >= 4 is 27.7 Å². The van der Waals surface area contributed by atoms with E-state index >= 15 is 0 Å². The summed E-state index contributed by atoms with van der Waals surface area (Å²) in [5.41, 5.74) is -2.14. The van der Waals surface area contributed by atoms with Gasteiger partial charge in [-0.2, -0.15) is 8.42 Å². The quantitative estimate of drug-likeness (QED) is 0.392. The highest BCUT2D eigenvalue weighted by Crippen LogP contribution is 2.69. The molecular weight excluding hydrogens is 532 g/mol. The molecule has 220 valence electrons. The predicted molar refractivity (Wildman–Crippen MR) is 146 cm³/mol. The molecule has 4 aliphatic rings. The Morgan fingerprint density at radius 3 is 2.45 bits per heavy atom. The van der Waals surface area contributed by atoms with Gasteiger partial charge in [0, 0.05) is 25.2 Å². The average molecular weight is 575 g/mol. The number of hydrogen-bond acceptors (Lipinski definition) is 8. The fourth-order valence-corrected chi connectivity index (χ4v) is 10.4. The van der Waals surface area contributed by atoms with Crippen molar-refractivity contribution < 1.29 is 36.8 Å². The molecule has 5 rings (SSSR count). The molecule has 8 nitrogen and oxygen atoms in total. The summed E-state index contributed by atoms with van der Waals surface area (Å²) in [5.74, 6) is -1.33. The highest BCUT2D eigenvalue weighted by molar-refractivity contribution is 7.86. The van der Waals surface area contributed by atoms with Crippen LogP contribution < -0.4 is 0 Å². The summed E-state index contributed by atoms with van der Waals surface area (Å²) in [7, 11) is -4.15. The maximum Gasteiger partial charge on any atom is 0.303 e. The summed E-state index contributed by atoms with van der Waals surface area (Å²) in [6, 6.07) is 6.54. The Bertz CT molecular complexity index is 1300. The van der Waals surface area contributed by atoms with Gasteiger partial charge in [-0.1, -0.05) is 38.5 Å². The van der Waals surface area contributed by atoms with Gasteiger partial charge in [-0.25, -0.2) is 0 Å². The van der Waals surface area contributed by atoms with E-state index in [-0.39, 0.29) is 46.2 Å². The van der Waals surface area contributed by atoms with E-state index in [1.54, 1.807) is 12.1 Å². The molecule has 40 heavy (non-hydrogen) atoms. The largest absolute Gasteiger partial charge is 0.458 e. The first kappa shape index (κ1) is 29.4. The zero-order chi connectivity index (χ0) is 29.3. The summed E-state index contributed by atoms with van der Waals surface area (Å²) in [6.07, 6.45) is 3.28. The minimum atomic E-state index is -4.15. The molecule has 0 bridgehead atoms. The first-order valence-electron chi connectivity index (χ1n) is 14.5. The Balaban J connectivity index is 1.58. The van der Waals surface area contributed by atoms with Crippen LogP contribution in [-0.2, 0) is 33.4 Å². The van der Waals surface area contributed by atoms with E-state index in [2.05, 4.69) is 6.92 Å². The van der Waals surface area contributed by atoms with Crippen LogP contribution >= 0.6 is 0 Å². The molecule has 1 N–H and O–H groups in total. The normalized spacial score (nSPS) is 41.0. The molecule has 0 heterocycles. The van der Waals surface area contributed by atoms with Crippen molar-refractivity contribution in [2.45, 2.75) is 96.2 Å². The number of Topliss-reactive ketones (excluding diaryl/α,β-unsaturated/α-hetero) is 2. The number of aryl methyl sites for hydroxylation is 1. The molecule has 4 fully saturated rings. The second-order valence-electron chi connectivity index (χ2n) is 13.4. The SMILES string of the molecule is CC(=O)OCC(=O)[C@@]1(O)[C@H](C)C[C@H]2[C@@H]3CC[C@H]4CC(=O)CC[C@]4(C)C3[C@H](OS(=O)(=O)c3ccc(C)cc3)C[C@@]21C. The van der Waals surface area contributed by atoms with Gasteiger partial charge in [-0.05, 0) is 86.2 Å². The van der Waals surface area contributed by atoms with Crippen LogP contribution in [0.25, 0.3) is 0 Å². The maximum atomic E-state index is 13.7. The van der Waals surface area contributed by atoms with Crippen LogP contribution in [-0.4, -0.2) is 49.4 Å². The van der Waals surface area contributed by atoms with Gasteiger partial charge in [0.25, 0.3) is 10.1 Å². The van der Waals surface area contributed by atoms with E-state index in [0.717, 1.165) is 18.4 Å². The molecule has 9 heteroatoms. The Morgan fingerprint density at radius 1 is 1.12 bits per heavy atom. The van der Waals surface area contributed by atoms with E-state index in [1.807, 2.05) is 20.8 Å². The third kappa shape index (κ3) is 4.47. The number of fused-ring (bicyclic) bond motifs is 5. The number of rotatable bonds is 6. The Labute approximate surface area is 237 Å². The summed E-state index contributed by atoms with van der Waals surface area (Å²) in [5, 5.41) is 12.2.